The second-order valence-corrected chi connectivity index (χ2v) is 18.0. The van der Waals surface area contributed by atoms with E-state index in [1.165, 1.54) is 12.1 Å². The summed E-state index contributed by atoms with van der Waals surface area (Å²) in [6.07, 6.45) is 0. The van der Waals surface area contributed by atoms with Crippen LogP contribution in [0.15, 0.2) is 125 Å². The molecule has 0 spiro atoms. The quantitative estimate of drug-likeness (QED) is 0.0474. The van der Waals surface area contributed by atoms with Gasteiger partial charge in [-0.25, -0.2) is 0 Å². The first-order valence-electron chi connectivity index (χ1n) is 15.6. The smallest absolute Gasteiger partial charge is 0.296 e. The Labute approximate surface area is 319 Å². The molecule has 6 aromatic carbocycles. The zero-order valence-electron chi connectivity index (χ0n) is 28.7. The molecule has 0 aromatic heterocycles. The van der Waals surface area contributed by atoms with Gasteiger partial charge in [-0.1, -0.05) is 24.3 Å². The Morgan fingerprint density at radius 1 is 0.446 bits per heavy atom. The fraction of sp³-hybridized carbons (Fsp3) is 0.0588. The van der Waals surface area contributed by atoms with E-state index in [1.807, 2.05) is 0 Å². The average molecular weight is 841 g/mol. The summed E-state index contributed by atoms with van der Waals surface area (Å²) in [6.45, 7) is 3.46. The van der Waals surface area contributed by atoms with Crippen LogP contribution in [0.3, 0.4) is 0 Å². The highest BCUT2D eigenvalue weighted by Gasteiger charge is 2.23. The third-order valence-corrected chi connectivity index (χ3v) is 12.1. The van der Waals surface area contributed by atoms with Gasteiger partial charge in [0.15, 0.2) is 0 Å². The molecular formula is C34H28N6O12S4. The molecule has 0 aliphatic carbocycles. The minimum absolute atomic E-state index is 0.0148. The first-order valence-corrected chi connectivity index (χ1v) is 21.4. The second kappa shape index (κ2) is 14.1. The zero-order valence-corrected chi connectivity index (χ0v) is 32.0. The predicted molar refractivity (Wildman–Crippen MR) is 206 cm³/mol. The van der Waals surface area contributed by atoms with Crippen molar-refractivity contribution in [2.75, 3.05) is 11.5 Å². The molecule has 0 aliphatic rings. The van der Waals surface area contributed by atoms with Crippen molar-refractivity contribution < 1.29 is 51.9 Å². The highest BCUT2D eigenvalue weighted by molar-refractivity contribution is 7.86. The number of nitrogens with zero attached hydrogens (tertiary/aromatic N) is 4. The summed E-state index contributed by atoms with van der Waals surface area (Å²) < 4.78 is 134. The van der Waals surface area contributed by atoms with Crippen molar-refractivity contribution in [2.45, 2.75) is 33.4 Å². The molecule has 0 aliphatic heterocycles. The molecule has 0 radical (unpaired) electrons. The number of fused-ring (bicyclic) bond motifs is 2. The maximum atomic E-state index is 12.1. The van der Waals surface area contributed by atoms with E-state index in [0.717, 1.165) is 47.5 Å². The number of anilines is 2. The molecule has 0 heterocycles. The van der Waals surface area contributed by atoms with Crippen LogP contribution in [-0.4, -0.2) is 51.9 Å². The Morgan fingerprint density at radius 3 is 1.11 bits per heavy atom. The van der Waals surface area contributed by atoms with Crippen molar-refractivity contribution in [3.63, 3.8) is 0 Å². The van der Waals surface area contributed by atoms with E-state index in [2.05, 4.69) is 20.5 Å². The summed E-state index contributed by atoms with van der Waals surface area (Å²) in [7, 11) is -19.1. The number of benzene rings is 6. The molecule has 6 rings (SSSR count). The van der Waals surface area contributed by atoms with Gasteiger partial charge in [-0.3, -0.25) is 18.2 Å². The van der Waals surface area contributed by atoms with Crippen LogP contribution in [0.4, 0.5) is 34.1 Å². The Balaban J connectivity index is 1.33. The number of rotatable bonds is 9. The lowest BCUT2D eigenvalue weighted by molar-refractivity contribution is 0.481. The molecule has 22 heteroatoms. The molecule has 0 amide bonds. The Hall–Kier alpha value is -5.72. The molecule has 0 fully saturated rings. The monoisotopic (exact) mass is 840 g/mol. The SMILES string of the molecule is Cc1cc(-c2ccc(N=Nc3c(N)c(S(=O)(=O)O)cc4cc(S(=O)(=O)O)ccc34)c(C)c2)ccc1N=Nc1c(N)c(S(=O)(=O)O)cc2cc(S(=O)(=O)O)ccc12. The molecule has 290 valence electrons. The minimum Gasteiger partial charge on any atom is -0.396 e. The number of hydrogen-bond acceptors (Lipinski definition) is 14. The molecule has 0 atom stereocenters. The van der Waals surface area contributed by atoms with Crippen LogP contribution in [0.25, 0.3) is 32.7 Å². The van der Waals surface area contributed by atoms with E-state index in [0.29, 0.717) is 22.5 Å². The maximum absolute atomic E-state index is 12.1. The molecule has 8 N–H and O–H groups in total. The highest BCUT2D eigenvalue weighted by Crippen LogP contribution is 2.41. The van der Waals surface area contributed by atoms with Gasteiger partial charge in [0.1, 0.15) is 21.2 Å². The third-order valence-electron chi connectivity index (χ3n) is 8.56. The predicted octanol–water partition coefficient (Wildman–Crippen LogP) is 7.26. The Kier molecular flexibility index (Phi) is 10.1. The standard InChI is InChI=1S/C34H28N6O12S4/c1-17-11-19(3-9-27(17)37-39-33-25-7-5-23(53(41,42)43)13-21(25)15-29(31(33)35)55(47,48)49)20-4-10-28(18(2)12-20)38-40-34-26-8-6-24(54(44,45)46)14-22(26)16-30(32(34)36)56(50,51)52/h3-16H,35-36H2,1-2H3,(H,41,42,43)(H,44,45,46)(H,47,48,49)(H,50,51,52). The summed E-state index contributed by atoms with van der Waals surface area (Å²) in [5.74, 6) is 0. The van der Waals surface area contributed by atoms with Crippen LogP contribution in [0, 0.1) is 13.8 Å². The van der Waals surface area contributed by atoms with Gasteiger partial charge in [-0.15, -0.1) is 10.2 Å². The molecule has 0 saturated carbocycles. The van der Waals surface area contributed by atoms with Crippen molar-refractivity contribution in [2.24, 2.45) is 20.5 Å². The van der Waals surface area contributed by atoms with E-state index in [4.69, 9.17) is 11.5 Å². The normalized spacial score (nSPS) is 13.0. The van der Waals surface area contributed by atoms with Crippen LogP contribution in [0.1, 0.15) is 11.1 Å². The lowest BCUT2D eigenvalue weighted by Gasteiger charge is -2.11. The van der Waals surface area contributed by atoms with Crippen LogP contribution >= 0.6 is 0 Å². The largest absolute Gasteiger partial charge is 0.396 e. The fourth-order valence-electron chi connectivity index (χ4n) is 5.78. The van der Waals surface area contributed by atoms with E-state index >= 15 is 0 Å². The van der Waals surface area contributed by atoms with Crippen molar-refractivity contribution in [3.05, 3.63) is 96.1 Å². The molecular weight excluding hydrogens is 813 g/mol. The number of nitrogen functional groups attached to an aromatic ring is 2. The zero-order chi connectivity index (χ0) is 41.1. The fourth-order valence-corrected chi connectivity index (χ4v) is 8.11. The summed E-state index contributed by atoms with van der Waals surface area (Å²) in [5.41, 5.74) is 14.3. The van der Waals surface area contributed by atoms with Crippen LogP contribution in [0.2, 0.25) is 0 Å². The molecule has 0 saturated heterocycles. The van der Waals surface area contributed by atoms with Crippen molar-refractivity contribution in [3.8, 4) is 11.1 Å². The second-order valence-electron chi connectivity index (χ2n) is 12.3. The first kappa shape index (κ1) is 40.0. The number of hydrogen-bond donors (Lipinski definition) is 6. The van der Waals surface area contributed by atoms with Crippen molar-refractivity contribution >= 4 is 96.1 Å². The van der Waals surface area contributed by atoms with Gasteiger partial charge in [-0.2, -0.15) is 43.9 Å². The highest BCUT2D eigenvalue weighted by atomic mass is 32.2. The Morgan fingerprint density at radius 2 is 0.804 bits per heavy atom. The van der Waals surface area contributed by atoms with Gasteiger partial charge in [-0.05, 0) is 108 Å². The van der Waals surface area contributed by atoms with Gasteiger partial charge in [0, 0.05) is 10.8 Å². The molecule has 56 heavy (non-hydrogen) atoms. The van der Waals surface area contributed by atoms with Crippen LogP contribution < -0.4 is 11.5 Å². The molecule has 6 aromatic rings. The lowest BCUT2D eigenvalue weighted by Crippen LogP contribution is -2.04. The van der Waals surface area contributed by atoms with E-state index in [-0.39, 0.29) is 32.9 Å². The van der Waals surface area contributed by atoms with Gasteiger partial charge in [0.05, 0.1) is 32.5 Å². The average Bonchev–Trinajstić information content (AvgIpc) is 3.09. The summed E-state index contributed by atoms with van der Waals surface area (Å²) >= 11 is 0. The molecule has 0 unspecified atom stereocenters. The van der Waals surface area contributed by atoms with E-state index < -0.39 is 71.4 Å². The topological polar surface area (TPSA) is 319 Å². The van der Waals surface area contributed by atoms with Crippen molar-refractivity contribution in [1.29, 1.82) is 0 Å². The minimum atomic E-state index is -4.89. The van der Waals surface area contributed by atoms with Crippen molar-refractivity contribution in [1.82, 2.24) is 0 Å². The number of nitrogens with two attached hydrogens (primary N) is 2. The van der Waals surface area contributed by atoms with E-state index in [9.17, 15) is 51.9 Å². The van der Waals surface area contributed by atoms with E-state index in [1.54, 1.807) is 50.2 Å². The summed E-state index contributed by atoms with van der Waals surface area (Å²) in [4.78, 5) is -2.54. The number of aryl methyl sites for hydroxylation is 2. The molecule has 0 bridgehead atoms. The van der Waals surface area contributed by atoms with Gasteiger partial charge < -0.3 is 11.5 Å². The first-order chi connectivity index (χ1) is 25.9. The summed E-state index contributed by atoms with van der Waals surface area (Å²) in [5, 5.41) is 17.1. The third kappa shape index (κ3) is 7.98. The van der Waals surface area contributed by atoms with Gasteiger partial charge in [0.2, 0.25) is 0 Å². The number of azo groups is 2. The van der Waals surface area contributed by atoms with Gasteiger partial charge in [0.25, 0.3) is 40.5 Å². The summed E-state index contributed by atoms with van der Waals surface area (Å²) in [6, 6.07) is 18.8. The van der Waals surface area contributed by atoms with Crippen LogP contribution in [0.5, 0.6) is 0 Å². The maximum Gasteiger partial charge on any atom is 0.296 e. The molecule has 18 nitrogen and oxygen atoms in total. The Bertz CT molecular complexity index is 2970. The lowest BCUT2D eigenvalue weighted by atomic mass is 10.0. The van der Waals surface area contributed by atoms with Crippen LogP contribution in [-0.2, 0) is 40.5 Å². The van der Waals surface area contributed by atoms with Gasteiger partial charge >= 0.3 is 0 Å².